The second-order valence-corrected chi connectivity index (χ2v) is 8.84. The molecular weight excluding hydrogens is 360 g/mol. The maximum atomic E-state index is 12.2. The van der Waals surface area contributed by atoms with Crippen molar-refractivity contribution in [3.63, 3.8) is 0 Å². The van der Waals surface area contributed by atoms with Gasteiger partial charge in [-0.2, -0.15) is 5.10 Å². The van der Waals surface area contributed by atoms with Crippen LogP contribution in [0.2, 0.25) is 0 Å². The van der Waals surface area contributed by atoms with E-state index in [0.717, 1.165) is 11.1 Å². The molecule has 0 unspecified atom stereocenters. The van der Waals surface area contributed by atoms with Crippen LogP contribution in [-0.2, 0) is 14.6 Å². The Morgan fingerprint density at radius 2 is 1.74 bits per heavy atom. The molecule has 27 heavy (non-hydrogen) atoms. The van der Waals surface area contributed by atoms with Crippen LogP contribution in [0.25, 0.3) is 6.08 Å². The van der Waals surface area contributed by atoms with E-state index in [1.54, 1.807) is 0 Å². The highest BCUT2D eigenvalue weighted by Gasteiger charge is 2.29. The Hall–Kier alpha value is -2.73. The van der Waals surface area contributed by atoms with Crippen molar-refractivity contribution in [3.8, 4) is 0 Å². The lowest BCUT2D eigenvalue weighted by Crippen LogP contribution is -2.23. The van der Waals surface area contributed by atoms with Crippen molar-refractivity contribution < 1.29 is 13.2 Å². The van der Waals surface area contributed by atoms with Crippen LogP contribution in [0.1, 0.15) is 24.0 Å². The molecule has 140 valence electrons. The van der Waals surface area contributed by atoms with Crippen molar-refractivity contribution >= 4 is 27.5 Å². The molecule has 0 radical (unpaired) electrons. The molecule has 1 aliphatic heterocycles. The zero-order valence-electron chi connectivity index (χ0n) is 14.9. The minimum Gasteiger partial charge on any atom is -0.273 e. The molecule has 6 heteroatoms. The molecule has 1 N–H and O–H groups in total. The second kappa shape index (κ2) is 8.77. The summed E-state index contributed by atoms with van der Waals surface area (Å²) >= 11 is 0. The van der Waals surface area contributed by atoms with Gasteiger partial charge in [0.05, 0.1) is 17.2 Å². The van der Waals surface area contributed by atoms with Crippen molar-refractivity contribution in [2.75, 3.05) is 11.5 Å². The molecule has 3 rings (SSSR count). The van der Waals surface area contributed by atoms with Crippen LogP contribution >= 0.6 is 0 Å². The second-order valence-electron chi connectivity index (χ2n) is 6.62. The first-order valence-electron chi connectivity index (χ1n) is 8.87. The van der Waals surface area contributed by atoms with E-state index in [-0.39, 0.29) is 29.8 Å². The van der Waals surface area contributed by atoms with Gasteiger partial charge in [-0.05, 0) is 24.0 Å². The van der Waals surface area contributed by atoms with Crippen molar-refractivity contribution in [2.24, 2.45) is 11.0 Å². The largest absolute Gasteiger partial charge is 0.273 e. The fourth-order valence-electron chi connectivity index (χ4n) is 3.01. The smallest absolute Gasteiger partial charge is 0.240 e. The third kappa shape index (κ3) is 5.89. The van der Waals surface area contributed by atoms with Crippen molar-refractivity contribution in [1.82, 2.24) is 5.43 Å². The van der Waals surface area contributed by atoms with Gasteiger partial charge in [-0.15, -0.1) is 0 Å². The number of sulfone groups is 1. The van der Waals surface area contributed by atoms with Gasteiger partial charge in [-0.25, -0.2) is 13.8 Å². The first-order chi connectivity index (χ1) is 13.0. The lowest BCUT2D eigenvalue weighted by Gasteiger charge is -2.07. The Labute approximate surface area is 159 Å². The predicted molar refractivity (Wildman–Crippen MR) is 108 cm³/mol. The third-order valence-electron chi connectivity index (χ3n) is 4.40. The van der Waals surface area contributed by atoms with E-state index in [0.29, 0.717) is 12.1 Å². The number of hydrazone groups is 1. The topological polar surface area (TPSA) is 75.6 Å². The van der Waals surface area contributed by atoms with Gasteiger partial charge in [0.2, 0.25) is 5.91 Å². The molecule has 0 spiro atoms. The minimum absolute atomic E-state index is 0.0869. The molecule has 0 saturated carbocycles. The number of allylic oxidation sites excluding steroid dienone is 1. The molecule has 1 aliphatic rings. The van der Waals surface area contributed by atoms with Gasteiger partial charge in [-0.3, -0.25) is 4.79 Å². The molecule has 2 aromatic rings. The summed E-state index contributed by atoms with van der Waals surface area (Å²) in [6.07, 6.45) is 4.50. The van der Waals surface area contributed by atoms with E-state index in [4.69, 9.17) is 0 Å². The summed E-state index contributed by atoms with van der Waals surface area (Å²) in [6, 6.07) is 19.4. The molecular formula is C21H22N2O3S. The summed E-state index contributed by atoms with van der Waals surface area (Å²) < 4.78 is 23.1. The molecule has 1 fully saturated rings. The number of benzene rings is 2. The molecule has 1 heterocycles. The van der Waals surface area contributed by atoms with Crippen molar-refractivity contribution in [3.05, 3.63) is 77.9 Å². The number of hydrogen-bond donors (Lipinski definition) is 1. The molecule has 0 bridgehead atoms. The molecule has 1 amide bonds. The summed E-state index contributed by atoms with van der Waals surface area (Å²) in [5, 5.41) is 4.27. The molecule has 5 nitrogen and oxygen atoms in total. The number of nitrogens with one attached hydrogen (secondary N) is 1. The first kappa shape index (κ1) is 19.0. The average Bonchev–Trinajstić information content (AvgIpc) is 3.01. The zero-order chi connectivity index (χ0) is 19.1. The molecule has 0 aromatic heterocycles. The zero-order valence-corrected chi connectivity index (χ0v) is 15.7. The van der Waals surface area contributed by atoms with Gasteiger partial charge in [0, 0.05) is 12.0 Å². The van der Waals surface area contributed by atoms with E-state index in [1.165, 1.54) is 0 Å². The van der Waals surface area contributed by atoms with Crippen LogP contribution in [0.4, 0.5) is 0 Å². The van der Waals surface area contributed by atoms with Gasteiger partial charge < -0.3 is 0 Å². The van der Waals surface area contributed by atoms with Crippen LogP contribution < -0.4 is 5.43 Å². The van der Waals surface area contributed by atoms with Gasteiger partial charge in [0.15, 0.2) is 9.84 Å². The molecule has 0 aliphatic carbocycles. The molecule has 1 saturated heterocycles. The van der Waals surface area contributed by atoms with Gasteiger partial charge in [-0.1, -0.05) is 66.7 Å². The number of hydrogen-bond acceptors (Lipinski definition) is 4. The highest BCUT2D eigenvalue weighted by atomic mass is 32.2. The van der Waals surface area contributed by atoms with Crippen LogP contribution in [0.5, 0.6) is 0 Å². The Morgan fingerprint density at radius 1 is 1.07 bits per heavy atom. The third-order valence-corrected chi connectivity index (χ3v) is 6.24. The van der Waals surface area contributed by atoms with E-state index >= 15 is 0 Å². The Bertz CT molecular complexity index is 936. The molecule has 2 aromatic carbocycles. The number of carbonyl (C=O) groups excluding carboxylic acids is 1. The summed E-state index contributed by atoms with van der Waals surface area (Å²) in [5.41, 5.74) is 5.12. The number of rotatable bonds is 6. The maximum absolute atomic E-state index is 12.2. The quantitative estimate of drug-likeness (QED) is 0.616. The summed E-state index contributed by atoms with van der Waals surface area (Å²) in [6.45, 7) is 0. The standard InChI is InChI=1S/C21H22N2O3S/c24-21(15-18-13-14-27(25,26)16-18)23-22-20(19-9-5-2-6-10-19)12-11-17-7-3-1-4-8-17/h1-12,18H,13-16H2,(H,23,24)/b12-11+,22-20+/t18-/m1/s1. The van der Waals surface area contributed by atoms with E-state index in [9.17, 15) is 13.2 Å². The fourth-order valence-corrected chi connectivity index (χ4v) is 4.87. The Balaban J connectivity index is 1.70. The lowest BCUT2D eigenvalue weighted by atomic mass is 10.1. The number of carbonyl (C=O) groups is 1. The summed E-state index contributed by atoms with van der Waals surface area (Å²) in [5.74, 6) is -0.128. The minimum atomic E-state index is -2.98. The van der Waals surface area contributed by atoms with E-state index in [1.807, 2.05) is 72.8 Å². The SMILES string of the molecule is O=C(C[C@H]1CCS(=O)(=O)C1)N/N=C(\C=C\c1ccccc1)c1ccccc1. The molecule has 1 atom stereocenters. The Morgan fingerprint density at radius 3 is 2.37 bits per heavy atom. The van der Waals surface area contributed by atoms with Gasteiger partial charge >= 0.3 is 0 Å². The first-order valence-corrected chi connectivity index (χ1v) is 10.7. The fraction of sp³-hybridized carbons (Fsp3) is 0.238. The van der Waals surface area contributed by atoms with Gasteiger partial charge in [0.25, 0.3) is 0 Å². The monoisotopic (exact) mass is 382 g/mol. The van der Waals surface area contributed by atoms with Crippen molar-refractivity contribution in [1.29, 1.82) is 0 Å². The number of nitrogens with zero attached hydrogens (tertiary/aromatic N) is 1. The highest BCUT2D eigenvalue weighted by Crippen LogP contribution is 2.21. The summed E-state index contributed by atoms with van der Waals surface area (Å²) in [4.78, 5) is 12.2. The van der Waals surface area contributed by atoms with Crippen LogP contribution in [0.3, 0.4) is 0 Å². The lowest BCUT2D eigenvalue weighted by molar-refractivity contribution is -0.121. The number of amides is 1. The van der Waals surface area contributed by atoms with Crippen molar-refractivity contribution in [2.45, 2.75) is 12.8 Å². The van der Waals surface area contributed by atoms with Crippen LogP contribution in [0, 0.1) is 5.92 Å². The van der Waals surface area contributed by atoms with Gasteiger partial charge in [0.1, 0.15) is 0 Å². The van der Waals surface area contributed by atoms with Crippen LogP contribution in [-0.4, -0.2) is 31.5 Å². The predicted octanol–water partition coefficient (Wildman–Crippen LogP) is 3.05. The van der Waals surface area contributed by atoms with Crippen LogP contribution in [0.15, 0.2) is 71.8 Å². The maximum Gasteiger partial charge on any atom is 0.240 e. The van der Waals surface area contributed by atoms with E-state index in [2.05, 4.69) is 10.5 Å². The average molecular weight is 382 g/mol. The highest BCUT2D eigenvalue weighted by molar-refractivity contribution is 7.91. The summed E-state index contributed by atoms with van der Waals surface area (Å²) in [7, 11) is -2.98. The Kier molecular flexibility index (Phi) is 6.19. The normalized spacial score (nSPS) is 19.3. The van der Waals surface area contributed by atoms with E-state index < -0.39 is 9.84 Å².